The van der Waals surface area contributed by atoms with Gasteiger partial charge in [-0.15, -0.1) is 0 Å². The summed E-state index contributed by atoms with van der Waals surface area (Å²) in [5.41, 5.74) is 3.39. The number of rotatable bonds is 5. The highest BCUT2D eigenvalue weighted by Crippen LogP contribution is 2.19. The van der Waals surface area contributed by atoms with E-state index in [0.29, 0.717) is 24.0 Å². The van der Waals surface area contributed by atoms with Gasteiger partial charge in [-0.2, -0.15) is 5.10 Å². The Kier molecular flexibility index (Phi) is 4.98. The van der Waals surface area contributed by atoms with Crippen molar-refractivity contribution in [3.05, 3.63) is 77.7 Å². The molecule has 3 aromatic rings. The van der Waals surface area contributed by atoms with E-state index < -0.39 is 0 Å². The molecule has 27 heavy (non-hydrogen) atoms. The van der Waals surface area contributed by atoms with Gasteiger partial charge >= 0.3 is 0 Å². The van der Waals surface area contributed by atoms with Gasteiger partial charge in [-0.1, -0.05) is 24.3 Å². The predicted molar refractivity (Wildman–Crippen MR) is 102 cm³/mol. The van der Waals surface area contributed by atoms with E-state index in [4.69, 9.17) is 0 Å². The molecule has 1 aliphatic heterocycles. The van der Waals surface area contributed by atoms with E-state index in [2.05, 4.69) is 40.0 Å². The summed E-state index contributed by atoms with van der Waals surface area (Å²) >= 11 is 0. The summed E-state index contributed by atoms with van der Waals surface area (Å²) < 4.78 is 14.7. The van der Waals surface area contributed by atoms with E-state index >= 15 is 0 Å². The van der Waals surface area contributed by atoms with Crippen molar-refractivity contribution in [3.63, 3.8) is 0 Å². The molecule has 5 nitrogen and oxygen atoms in total. The fourth-order valence-corrected chi connectivity index (χ4v) is 3.42. The van der Waals surface area contributed by atoms with Gasteiger partial charge in [-0.05, 0) is 48.2 Å². The molecule has 1 aliphatic rings. The smallest absolute Gasteiger partial charge is 0.225 e. The minimum atomic E-state index is -0.307. The lowest BCUT2D eigenvalue weighted by atomic mass is 9.93. The second-order valence-corrected chi connectivity index (χ2v) is 6.74. The van der Waals surface area contributed by atoms with Crippen LogP contribution in [0.4, 0.5) is 10.2 Å². The largest absolute Gasteiger partial charge is 0.311 e. The molecular weight excluding hydrogens is 343 g/mol. The lowest BCUT2D eigenvalue weighted by molar-refractivity contribution is -0.116. The molecule has 1 aromatic heterocycles. The van der Waals surface area contributed by atoms with Crippen LogP contribution in [0, 0.1) is 5.82 Å². The van der Waals surface area contributed by atoms with Crippen molar-refractivity contribution in [3.8, 4) is 5.69 Å². The monoisotopic (exact) mass is 364 g/mol. The third-order valence-electron chi connectivity index (χ3n) is 4.87. The summed E-state index contributed by atoms with van der Waals surface area (Å²) in [5, 5.41) is 10.6. The van der Waals surface area contributed by atoms with Crippen LogP contribution in [-0.4, -0.2) is 21.7 Å². The highest BCUT2D eigenvalue weighted by Gasteiger charge is 2.18. The number of hydrogen-bond donors (Lipinski definition) is 2. The molecule has 138 valence electrons. The SMILES string of the molecule is O=C(CCC1Cc2ccccc2CN1)Nc1ccnn1-c1ccc(F)cc1. The maximum atomic E-state index is 13.1. The Balaban J connectivity index is 1.34. The molecule has 6 heteroatoms. The van der Waals surface area contributed by atoms with Crippen LogP contribution >= 0.6 is 0 Å². The molecule has 0 fully saturated rings. The number of anilines is 1. The van der Waals surface area contributed by atoms with Crippen LogP contribution in [0.3, 0.4) is 0 Å². The van der Waals surface area contributed by atoms with Crippen LogP contribution in [0.2, 0.25) is 0 Å². The molecule has 0 bridgehead atoms. The molecule has 4 rings (SSSR count). The van der Waals surface area contributed by atoms with E-state index in [1.54, 1.807) is 29.1 Å². The fraction of sp³-hybridized carbons (Fsp3) is 0.238. The number of amides is 1. The van der Waals surface area contributed by atoms with E-state index in [1.807, 2.05) is 0 Å². The van der Waals surface area contributed by atoms with Crippen LogP contribution < -0.4 is 10.6 Å². The highest BCUT2D eigenvalue weighted by atomic mass is 19.1. The van der Waals surface area contributed by atoms with Gasteiger partial charge in [0.25, 0.3) is 0 Å². The third-order valence-corrected chi connectivity index (χ3v) is 4.87. The first-order chi connectivity index (χ1) is 13.2. The van der Waals surface area contributed by atoms with Gasteiger partial charge in [0.15, 0.2) is 0 Å². The predicted octanol–water partition coefficient (Wildman–Crippen LogP) is 3.44. The van der Waals surface area contributed by atoms with Gasteiger partial charge in [0, 0.05) is 25.1 Å². The average molecular weight is 364 g/mol. The van der Waals surface area contributed by atoms with Crippen LogP contribution in [0.15, 0.2) is 60.8 Å². The highest BCUT2D eigenvalue weighted by molar-refractivity contribution is 5.90. The van der Waals surface area contributed by atoms with Crippen molar-refractivity contribution in [2.75, 3.05) is 5.32 Å². The first kappa shape index (κ1) is 17.4. The molecule has 0 saturated carbocycles. The van der Waals surface area contributed by atoms with Gasteiger partial charge in [0.2, 0.25) is 5.91 Å². The number of hydrogen-bond acceptors (Lipinski definition) is 3. The zero-order valence-electron chi connectivity index (χ0n) is 14.9. The van der Waals surface area contributed by atoms with E-state index in [-0.39, 0.29) is 11.7 Å². The lowest BCUT2D eigenvalue weighted by Crippen LogP contribution is -2.36. The molecular formula is C21H21FN4O. The molecule has 1 atom stereocenters. The Bertz CT molecular complexity index is 935. The van der Waals surface area contributed by atoms with Crippen LogP contribution in [0.25, 0.3) is 5.69 Å². The number of fused-ring (bicyclic) bond motifs is 1. The van der Waals surface area contributed by atoms with Crippen molar-refractivity contribution >= 4 is 11.7 Å². The Hall–Kier alpha value is -2.99. The number of nitrogens with one attached hydrogen (secondary N) is 2. The fourth-order valence-electron chi connectivity index (χ4n) is 3.42. The molecule has 2 N–H and O–H groups in total. The van der Waals surface area contributed by atoms with Crippen molar-refractivity contribution in [2.24, 2.45) is 0 Å². The minimum absolute atomic E-state index is 0.0560. The average Bonchev–Trinajstić information content (AvgIpc) is 3.15. The first-order valence-corrected chi connectivity index (χ1v) is 9.09. The van der Waals surface area contributed by atoms with Crippen LogP contribution in [0.1, 0.15) is 24.0 Å². The van der Waals surface area contributed by atoms with E-state index in [9.17, 15) is 9.18 Å². The molecule has 0 spiro atoms. The summed E-state index contributed by atoms with van der Waals surface area (Å²) in [6, 6.07) is 16.4. The van der Waals surface area contributed by atoms with Gasteiger partial charge in [-0.3, -0.25) is 4.79 Å². The van der Waals surface area contributed by atoms with E-state index in [0.717, 1.165) is 19.4 Å². The van der Waals surface area contributed by atoms with Gasteiger partial charge in [0.1, 0.15) is 11.6 Å². The second-order valence-electron chi connectivity index (χ2n) is 6.74. The Morgan fingerprint density at radius 3 is 2.74 bits per heavy atom. The Labute approximate surface area is 157 Å². The standard InChI is InChI=1S/C21H21FN4O/c22-17-5-8-19(9-6-17)26-20(11-12-24-26)25-21(27)10-7-18-13-15-3-1-2-4-16(15)14-23-18/h1-6,8-9,11-12,18,23H,7,10,13-14H2,(H,25,27). The molecule has 0 radical (unpaired) electrons. The number of carbonyl (C=O) groups is 1. The van der Waals surface area contributed by atoms with Crippen molar-refractivity contribution in [2.45, 2.75) is 31.8 Å². The summed E-state index contributed by atoms with van der Waals surface area (Å²) in [7, 11) is 0. The number of benzene rings is 2. The topological polar surface area (TPSA) is 59.0 Å². The third kappa shape index (κ3) is 4.06. The zero-order chi connectivity index (χ0) is 18.6. The normalized spacial score (nSPS) is 16.0. The summed E-state index contributed by atoms with van der Waals surface area (Å²) in [5.74, 6) is 0.214. The van der Waals surface area contributed by atoms with Crippen LogP contribution in [0.5, 0.6) is 0 Å². The number of aromatic nitrogens is 2. The number of halogens is 1. The van der Waals surface area contributed by atoms with Crippen molar-refractivity contribution < 1.29 is 9.18 Å². The molecule has 0 aliphatic carbocycles. The molecule has 2 heterocycles. The number of carbonyl (C=O) groups excluding carboxylic acids is 1. The molecule has 0 saturated heterocycles. The van der Waals surface area contributed by atoms with Crippen molar-refractivity contribution in [1.29, 1.82) is 0 Å². The number of nitrogens with zero attached hydrogens (tertiary/aromatic N) is 2. The maximum Gasteiger partial charge on any atom is 0.225 e. The summed E-state index contributed by atoms with van der Waals surface area (Å²) in [6.07, 6.45) is 3.74. The van der Waals surface area contributed by atoms with Gasteiger partial charge in [-0.25, -0.2) is 9.07 Å². The molecule has 2 aromatic carbocycles. The Morgan fingerprint density at radius 2 is 1.93 bits per heavy atom. The minimum Gasteiger partial charge on any atom is -0.311 e. The lowest BCUT2D eigenvalue weighted by Gasteiger charge is -2.26. The van der Waals surface area contributed by atoms with Crippen molar-refractivity contribution in [1.82, 2.24) is 15.1 Å². The molecule has 1 unspecified atom stereocenters. The van der Waals surface area contributed by atoms with Crippen LogP contribution in [-0.2, 0) is 17.8 Å². The summed E-state index contributed by atoms with van der Waals surface area (Å²) in [4.78, 5) is 12.4. The quantitative estimate of drug-likeness (QED) is 0.729. The summed E-state index contributed by atoms with van der Waals surface area (Å²) in [6.45, 7) is 0.847. The first-order valence-electron chi connectivity index (χ1n) is 9.09. The zero-order valence-corrected chi connectivity index (χ0v) is 14.9. The van der Waals surface area contributed by atoms with E-state index in [1.165, 1.54) is 23.3 Å². The van der Waals surface area contributed by atoms with Gasteiger partial charge in [0.05, 0.1) is 11.9 Å². The van der Waals surface area contributed by atoms with Gasteiger partial charge < -0.3 is 10.6 Å². The second kappa shape index (κ2) is 7.72. The Morgan fingerprint density at radius 1 is 1.15 bits per heavy atom. The maximum absolute atomic E-state index is 13.1. The molecule has 1 amide bonds.